The lowest BCUT2D eigenvalue weighted by molar-refractivity contribution is -0.137. The lowest BCUT2D eigenvalue weighted by atomic mass is 10.1. The molecule has 0 aromatic heterocycles. The van der Waals surface area contributed by atoms with Gasteiger partial charge in [0.15, 0.2) is 0 Å². The fourth-order valence-electron chi connectivity index (χ4n) is 1.59. The molecule has 0 saturated carbocycles. The summed E-state index contributed by atoms with van der Waals surface area (Å²) in [7, 11) is 0. The van der Waals surface area contributed by atoms with E-state index in [1.165, 1.54) is 4.90 Å². The summed E-state index contributed by atoms with van der Waals surface area (Å²) in [6.45, 7) is 1.78. The first-order valence-electron chi connectivity index (χ1n) is 5.35. The number of likely N-dealkylation sites (N-methyl/N-ethyl adjacent to an activating group) is 1. The van der Waals surface area contributed by atoms with E-state index >= 15 is 0 Å². The van der Waals surface area contributed by atoms with Gasteiger partial charge in [-0.1, -0.05) is 0 Å². The number of carboxylic acid groups (broad SMARTS) is 1. The van der Waals surface area contributed by atoms with Crippen LogP contribution in [0.3, 0.4) is 0 Å². The standard InChI is InChI=1S/C11H11N3O3S/c1-2-14(6-10(15)16)11(17)7-3-4-8-9(5-7)13-18-12-8/h3-5H,2,6H2,1H3,(H,15,16). The summed E-state index contributed by atoms with van der Waals surface area (Å²) in [6, 6.07) is 4.98. The molecule has 0 unspecified atom stereocenters. The zero-order chi connectivity index (χ0) is 13.1. The van der Waals surface area contributed by atoms with Gasteiger partial charge < -0.3 is 10.0 Å². The van der Waals surface area contributed by atoms with Gasteiger partial charge in [-0.05, 0) is 25.1 Å². The van der Waals surface area contributed by atoms with E-state index in [0.29, 0.717) is 17.8 Å². The average molecular weight is 265 g/mol. The molecule has 1 N–H and O–H groups in total. The van der Waals surface area contributed by atoms with Crippen molar-refractivity contribution in [2.24, 2.45) is 8.73 Å². The topological polar surface area (TPSA) is 82.3 Å². The van der Waals surface area contributed by atoms with Crippen molar-refractivity contribution >= 4 is 34.6 Å². The van der Waals surface area contributed by atoms with Crippen LogP contribution in [0.2, 0.25) is 0 Å². The molecule has 1 aliphatic rings. The average Bonchev–Trinajstić information content (AvgIpc) is 2.81. The maximum Gasteiger partial charge on any atom is 0.323 e. The number of fused-ring (bicyclic) bond motifs is 1. The number of nitrogens with zero attached hydrogens (tertiary/aromatic N) is 3. The van der Waals surface area contributed by atoms with E-state index in [2.05, 4.69) is 8.73 Å². The van der Waals surface area contributed by atoms with Crippen LogP contribution in [0.4, 0.5) is 11.4 Å². The second-order valence-electron chi connectivity index (χ2n) is 3.68. The van der Waals surface area contributed by atoms with Gasteiger partial charge in [0.25, 0.3) is 5.91 Å². The first kappa shape index (κ1) is 12.4. The summed E-state index contributed by atoms with van der Waals surface area (Å²) in [5.41, 5.74) is 1.81. The Morgan fingerprint density at radius 1 is 1.33 bits per heavy atom. The summed E-state index contributed by atoms with van der Waals surface area (Å²) in [4.78, 5) is 24.0. The molecule has 0 bridgehead atoms. The Balaban J connectivity index is 2.23. The van der Waals surface area contributed by atoms with E-state index in [1.807, 2.05) is 0 Å². The van der Waals surface area contributed by atoms with Gasteiger partial charge in [0.1, 0.15) is 17.9 Å². The van der Waals surface area contributed by atoms with Crippen molar-refractivity contribution < 1.29 is 14.7 Å². The molecular formula is C11H11N3O3S. The van der Waals surface area contributed by atoms with Crippen LogP contribution in [0.5, 0.6) is 0 Å². The fraction of sp³-hybridized carbons (Fsp3) is 0.273. The number of carbonyl (C=O) groups is 2. The molecule has 2 rings (SSSR count). The van der Waals surface area contributed by atoms with Crippen molar-refractivity contribution in [3.05, 3.63) is 23.8 Å². The zero-order valence-electron chi connectivity index (χ0n) is 9.66. The summed E-state index contributed by atoms with van der Waals surface area (Å²) >= 11 is 1.08. The van der Waals surface area contributed by atoms with Crippen molar-refractivity contribution in [1.29, 1.82) is 0 Å². The molecule has 1 aromatic carbocycles. The van der Waals surface area contributed by atoms with Crippen LogP contribution >= 0.6 is 0 Å². The SMILES string of the molecule is CCN(CC(=O)O)C(=O)c1ccc2c(c1)N=S=N2. The minimum absolute atomic E-state index is 0.303. The number of hydrogen-bond donors (Lipinski definition) is 1. The second-order valence-corrected chi connectivity index (χ2v) is 4.21. The maximum absolute atomic E-state index is 12.1. The molecule has 7 heteroatoms. The predicted octanol–water partition coefficient (Wildman–Crippen LogP) is 1.96. The van der Waals surface area contributed by atoms with Gasteiger partial charge in [0.05, 0.1) is 11.4 Å². The number of amides is 1. The van der Waals surface area contributed by atoms with Crippen molar-refractivity contribution in [3.8, 4) is 0 Å². The summed E-state index contributed by atoms with van der Waals surface area (Å²) in [5.74, 6) is -1.34. The molecule has 0 aliphatic carbocycles. The Morgan fingerprint density at radius 3 is 2.72 bits per heavy atom. The molecule has 18 heavy (non-hydrogen) atoms. The van der Waals surface area contributed by atoms with E-state index < -0.39 is 5.97 Å². The Bertz CT molecular complexity index is 579. The van der Waals surface area contributed by atoms with E-state index in [1.54, 1.807) is 25.1 Å². The summed E-state index contributed by atoms with van der Waals surface area (Å²) in [6.07, 6.45) is 0. The van der Waals surface area contributed by atoms with Crippen LogP contribution in [0, 0.1) is 0 Å². The highest BCUT2D eigenvalue weighted by Crippen LogP contribution is 2.32. The molecule has 1 heterocycles. The van der Waals surface area contributed by atoms with Gasteiger partial charge in [0, 0.05) is 12.1 Å². The van der Waals surface area contributed by atoms with Crippen LogP contribution in [0.15, 0.2) is 26.9 Å². The van der Waals surface area contributed by atoms with Crippen LogP contribution in [0.25, 0.3) is 0 Å². The highest BCUT2D eigenvalue weighted by molar-refractivity contribution is 7.58. The molecule has 0 saturated heterocycles. The van der Waals surface area contributed by atoms with E-state index in [-0.39, 0.29) is 12.5 Å². The number of rotatable bonds is 4. The summed E-state index contributed by atoms with van der Waals surface area (Å²) in [5, 5.41) is 8.73. The van der Waals surface area contributed by atoms with Crippen LogP contribution in [0.1, 0.15) is 17.3 Å². The Hall–Kier alpha value is -2.02. The smallest absolute Gasteiger partial charge is 0.323 e. The largest absolute Gasteiger partial charge is 0.480 e. The van der Waals surface area contributed by atoms with Gasteiger partial charge in [-0.3, -0.25) is 9.59 Å². The van der Waals surface area contributed by atoms with Crippen LogP contribution in [-0.4, -0.2) is 35.0 Å². The third-order valence-electron chi connectivity index (χ3n) is 2.50. The van der Waals surface area contributed by atoms with Gasteiger partial charge in [-0.2, -0.15) is 8.73 Å². The van der Waals surface area contributed by atoms with Gasteiger partial charge in [-0.15, -0.1) is 0 Å². The van der Waals surface area contributed by atoms with Crippen molar-refractivity contribution in [1.82, 2.24) is 4.90 Å². The molecule has 0 radical (unpaired) electrons. The highest BCUT2D eigenvalue weighted by Gasteiger charge is 2.18. The lowest BCUT2D eigenvalue weighted by Crippen LogP contribution is -2.35. The number of benzene rings is 1. The minimum atomic E-state index is -1.03. The number of carboxylic acids is 1. The monoisotopic (exact) mass is 265 g/mol. The molecule has 1 amide bonds. The molecule has 0 spiro atoms. The second kappa shape index (κ2) is 5.09. The molecule has 1 aliphatic heterocycles. The van der Waals surface area contributed by atoms with Gasteiger partial charge in [-0.25, -0.2) is 0 Å². The third-order valence-corrected chi connectivity index (χ3v) is 3.05. The van der Waals surface area contributed by atoms with Crippen LogP contribution < -0.4 is 0 Å². The van der Waals surface area contributed by atoms with E-state index in [0.717, 1.165) is 17.0 Å². The molecule has 1 aromatic rings. The Labute approximate surface area is 107 Å². The number of carbonyl (C=O) groups excluding carboxylic acids is 1. The van der Waals surface area contributed by atoms with Crippen molar-refractivity contribution in [2.45, 2.75) is 6.92 Å². The third kappa shape index (κ3) is 2.45. The quantitative estimate of drug-likeness (QED) is 0.917. The van der Waals surface area contributed by atoms with E-state index in [4.69, 9.17) is 5.11 Å². The Morgan fingerprint density at radius 2 is 2.06 bits per heavy atom. The molecule has 0 fully saturated rings. The first-order chi connectivity index (χ1) is 8.61. The normalized spacial score (nSPS) is 11.8. The van der Waals surface area contributed by atoms with Crippen LogP contribution in [-0.2, 0) is 16.1 Å². The fourth-order valence-corrected chi connectivity index (χ4v) is 2.11. The highest BCUT2D eigenvalue weighted by atomic mass is 32.1. The molecular weight excluding hydrogens is 254 g/mol. The predicted molar refractivity (Wildman–Crippen MR) is 67.2 cm³/mol. The molecule has 94 valence electrons. The number of aliphatic carboxylic acids is 1. The van der Waals surface area contributed by atoms with Crippen molar-refractivity contribution in [3.63, 3.8) is 0 Å². The Kier molecular flexibility index (Phi) is 3.52. The maximum atomic E-state index is 12.1. The molecule has 0 atom stereocenters. The zero-order valence-corrected chi connectivity index (χ0v) is 10.5. The first-order valence-corrected chi connectivity index (χ1v) is 6.08. The lowest BCUT2D eigenvalue weighted by Gasteiger charge is -2.18. The number of hydrogen-bond acceptors (Lipinski definition) is 4. The van der Waals surface area contributed by atoms with E-state index in [9.17, 15) is 9.59 Å². The minimum Gasteiger partial charge on any atom is -0.480 e. The van der Waals surface area contributed by atoms with Gasteiger partial charge in [0.2, 0.25) is 0 Å². The van der Waals surface area contributed by atoms with Gasteiger partial charge >= 0.3 is 5.97 Å². The summed E-state index contributed by atoms with van der Waals surface area (Å²) < 4.78 is 8.10. The van der Waals surface area contributed by atoms with Crippen molar-refractivity contribution in [2.75, 3.05) is 13.1 Å². The molecule has 6 nitrogen and oxygen atoms in total.